The molecular weight excluding hydrogens is 429 g/mol. The van der Waals surface area contributed by atoms with Gasteiger partial charge in [0.1, 0.15) is 18.2 Å². The van der Waals surface area contributed by atoms with Gasteiger partial charge in [-0.15, -0.1) is 0 Å². The summed E-state index contributed by atoms with van der Waals surface area (Å²) in [6, 6.07) is 25.1. The van der Waals surface area contributed by atoms with Gasteiger partial charge in [-0.1, -0.05) is 64.5 Å². The van der Waals surface area contributed by atoms with Crippen LogP contribution in [0.3, 0.4) is 0 Å². The zero-order valence-electron chi connectivity index (χ0n) is 16.1. The molecule has 0 aliphatic heterocycles. The van der Waals surface area contributed by atoms with Crippen LogP contribution in [0.25, 0.3) is 10.8 Å². The van der Waals surface area contributed by atoms with Gasteiger partial charge >= 0.3 is 0 Å². The second-order valence-electron chi connectivity index (χ2n) is 6.96. The molecule has 0 unspecified atom stereocenters. The minimum Gasteiger partial charge on any atom is -0.488 e. The van der Waals surface area contributed by atoms with Crippen LogP contribution >= 0.6 is 15.9 Å². The molecule has 0 aliphatic rings. The minimum absolute atomic E-state index is 0.190. The first kappa shape index (κ1) is 19.5. The Morgan fingerprint density at radius 2 is 1.72 bits per heavy atom. The van der Waals surface area contributed by atoms with Crippen LogP contribution in [0.2, 0.25) is 0 Å². The Hall–Kier alpha value is -2.85. The molecule has 0 amide bonds. The molecular formula is C25H21BrFNO. The topological polar surface area (TPSA) is 21.3 Å². The lowest BCUT2D eigenvalue weighted by Crippen LogP contribution is -2.06. The highest BCUT2D eigenvalue weighted by Crippen LogP contribution is 2.30. The van der Waals surface area contributed by atoms with Crippen molar-refractivity contribution in [1.82, 2.24) is 0 Å². The molecule has 0 atom stereocenters. The van der Waals surface area contributed by atoms with Gasteiger partial charge in [0.05, 0.1) is 0 Å². The monoisotopic (exact) mass is 449 g/mol. The Morgan fingerprint density at radius 3 is 2.55 bits per heavy atom. The van der Waals surface area contributed by atoms with Gasteiger partial charge in [-0.05, 0) is 53.6 Å². The number of rotatable bonds is 6. The number of hydrogen-bond acceptors (Lipinski definition) is 2. The molecule has 0 spiro atoms. The average molecular weight is 450 g/mol. The number of fused-ring (bicyclic) bond motifs is 1. The van der Waals surface area contributed by atoms with Gasteiger partial charge in [0, 0.05) is 27.8 Å². The van der Waals surface area contributed by atoms with Crippen LogP contribution in [0.5, 0.6) is 5.75 Å². The van der Waals surface area contributed by atoms with Crippen molar-refractivity contribution >= 4 is 32.4 Å². The van der Waals surface area contributed by atoms with Gasteiger partial charge in [-0.3, -0.25) is 0 Å². The van der Waals surface area contributed by atoms with Crippen LogP contribution in [0.4, 0.5) is 10.1 Å². The third-order valence-electron chi connectivity index (χ3n) is 4.98. The fourth-order valence-corrected chi connectivity index (χ4v) is 3.89. The van der Waals surface area contributed by atoms with E-state index in [1.807, 2.05) is 36.4 Å². The normalized spacial score (nSPS) is 10.9. The highest BCUT2D eigenvalue weighted by Gasteiger charge is 2.11. The summed E-state index contributed by atoms with van der Waals surface area (Å²) in [4.78, 5) is 0. The molecule has 0 fully saturated rings. The van der Waals surface area contributed by atoms with Gasteiger partial charge in [0.25, 0.3) is 0 Å². The standard InChI is InChI=1S/C25H21BrFNO/c1-17-14-20(26)11-12-24(17)28-15-22-21-8-4-2-6-18(21)10-13-25(22)29-16-19-7-3-5-9-23(19)27/h2-14,28H,15-16H2,1H3. The van der Waals surface area contributed by atoms with E-state index < -0.39 is 0 Å². The summed E-state index contributed by atoms with van der Waals surface area (Å²) >= 11 is 3.51. The molecule has 0 saturated carbocycles. The molecule has 29 heavy (non-hydrogen) atoms. The van der Waals surface area contributed by atoms with E-state index in [4.69, 9.17) is 4.74 Å². The van der Waals surface area contributed by atoms with Crippen molar-refractivity contribution in [2.45, 2.75) is 20.1 Å². The maximum absolute atomic E-state index is 14.0. The SMILES string of the molecule is Cc1cc(Br)ccc1NCc1c(OCc2ccccc2F)ccc2ccccc12. The lowest BCUT2D eigenvalue weighted by atomic mass is 10.0. The van der Waals surface area contributed by atoms with Crippen molar-refractivity contribution in [3.05, 3.63) is 106 Å². The molecule has 1 N–H and O–H groups in total. The molecule has 0 radical (unpaired) electrons. The highest BCUT2D eigenvalue weighted by molar-refractivity contribution is 9.10. The summed E-state index contributed by atoms with van der Waals surface area (Å²) in [6.07, 6.45) is 0. The number of nitrogens with one attached hydrogen (secondary N) is 1. The molecule has 0 saturated heterocycles. The zero-order chi connectivity index (χ0) is 20.2. The van der Waals surface area contributed by atoms with E-state index in [2.05, 4.69) is 52.4 Å². The first-order chi connectivity index (χ1) is 14.1. The van der Waals surface area contributed by atoms with Crippen molar-refractivity contribution in [2.24, 2.45) is 0 Å². The first-order valence-corrected chi connectivity index (χ1v) is 10.3. The van der Waals surface area contributed by atoms with Crippen molar-refractivity contribution in [3.63, 3.8) is 0 Å². The summed E-state index contributed by atoms with van der Waals surface area (Å²) in [6.45, 7) is 2.87. The molecule has 4 aromatic rings. The fraction of sp³-hybridized carbons (Fsp3) is 0.120. The Morgan fingerprint density at radius 1 is 0.931 bits per heavy atom. The summed E-state index contributed by atoms with van der Waals surface area (Å²) in [5.41, 5.74) is 3.83. The van der Waals surface area contributed by atoms with Gasteiger partial charge in [-0.25, -0.2) is 4.39 Å². The molecule has 0 bridgehead atoms. The molecule has 4 rings (SSSR count). The first-order valence-electron chi connectivity index (χ1n) is 9.48. The van der Waals surface area contributed by atoms with E-state index in [-0.39, 0.29) is 12.4 Å². The van der Waals surface area contributed by atoms with Crippen LogP contribution in [-0.2, 0) is 13.2 Å². The van der Waals surface area contributed by atoms with Crippen LogP contribution in [0.15, 0.2) is 83.3 Å². The quantitative estimate of drug-likeness (QED) is 0.334. The maximum Gasteiger partial charge on any atom is 0.129 e. The van der Waals surface area contributed by atoms with Gasteiger partial charge in [0.2, 0.25) is 0 Å². The summed E-state index contributed by atoms with van der Waals surface area (Å²) in [5.74, 6) is 0.507. The molecule has 0 aliphatic carbocycles. The van der Waals surface area contributed by atoms with E-state index in [0.717, 1.165) is 37.8 Å². The summed E-state index contributed by atoms with van der Waals surface area (Å²) in [7, 11) is 0. The number of benzene rings is 4. The third kappa shape index (κ3) is 4.43. The molecule has 0 heterocycles. The number of anilines is 1. The number of halogens is 2. The highest BCUT2D eigenvalue weighted by atomic mass is 79.9. The molecule has 0 aromatic heterocycles. The van der Waals surface area contributed by atoms with Crippen molar-refractivity contribution in [2.75, 3.05) is 5.32 Å². The Kier molecular flexibility index (Phi) is 5.81. The van der Waals surface area contributed by atoms with Crippen LogP contribution in [-0.4, -0.2) is 0 Å². The largest absolute Gasteiger partial charge is 0.488 e. The third-order valence-corrected chi connectivity index (χ3v) is 5.48. The zero-order valence-corrected chi connectivity index (χ0v) is 17.7. The number of hydrogen-bond donors (Lipinski definition) is 1. The summed E-state index contributed by atoms with van der Waals surface area (Å²) in [5, 5.41) is 5.80. The predicted molar refractivity (Wildman–Crippen MR) is 121 cm³/mol. The van der Waals surface area contributed by atoms with Crippen LogP contribution in [0.1, 0.15) is 16.7 Å². The van der Waals surface area contributed by atoms with E-state index in [1.165, 1.54) is 6.07 Å². The smallest absolute Gasteiger partial charge is 0.129 e. The Bertz CT molecular complexity index is 1160. The Labute approximate surface area is 178 Å². The second-order valence-corrected chi connectivity index (χ2v) is 7.87. The molecule has 146 valence electrons. The van der Waals surface area contributed by atoms with E-state index >= 15 is 0 Å². The second kappa shape index (κ2) is 8.66. The summed E-state index contributed by atoms with van der Waals surface area (Å²) < 4.78 is 21.1. The van der Waals surface area contributed by atoms with E-state index in [0.29, 0.717) is 12.1 Å². The lowest BCUT2D eigenvalue weighted by Gasteiger charge is -2.17. The van der Waals surface area contributed by atoms with Gasteiger partial charge in [0.15, 0.2) is 0 Å². The van der Waals surface area contributed by atoms with E-state index in [1.54, 1.807) is 12.1 Å². The number of ether oxygens (including phenoxy) is 1. The van der Waals surface area contributed by atoms with E-state index in [9.17, 15) is 4.39 Å². The molecule has 2 nitrogen and oxygen atoms in total. The fourth-order valence-electron chi connectivity index (χ4n) is 3.41. The van der Waals surface area contributed by atoms with Crippen molar-refractivity contribution in [1.29, 1.82) is 0 Å². The Balaban J connectivity index is 1.64. The van der Waals surface area contributed by atoms with Crippen molar-refractivity contribution < 1.29 is 9.13 Å². The van der Waals surface area contributed by atoms with Gasteiger partial charge in [-0.2, -0.15) is 0 Å². The minimum atomic E-state index is -0.251. The van der Waals surface area contributed by atoms with Crippen molar-refractivity contribution in [3.8, 4) is 5.75 Å². The lowest BCUT2D eigenvalue weighted by molar-refractivity contribution is 0.297. The predicted octanol–water partition coefficient (Wildman–Crippen LogP) is 7.24. The molecule has 4 aromatic carbocycles. The van der Waals surface area contributed by atoms with Gasteiger partial charge < -0.3 is 10.1 Å². The maximum atomic E-state index is 14.0. The molecule has 4 heteroatoms. The van der Waals surface area contributed by atoms with Crippen LogP contribution in [0, 0.1) is 12.7 Å². The average Bonchev–Trinajstić information content (AvgIpc) is 2.73. The number of aryl methyl sites for hydroxylation is 1. The van der Waals surface area contributed by atoms with Crippen LogP contribution < -0.4 is 10.1 Å².